The van der Waals surface area contributed by atoms with Crippen LogP contribution in [0.15, 0.2) is 28.7 Å². The Balaban J connectivity index is 1.81. The maximum Gasteiger partial charge on any atom is 0.164 e. The Bertz CT molecular complexity index is 415. The minimum absolute atomic E-state index is 0.254. The lowest BCUT2D eigenvalue weighted by atomic mass is 10.0. The monoisotopic (exact) mass is 323 g/mol. The van der Waals surface area contributed by atoms with Crippen molar-refractivity contribution in [3.8, 4) is 0 Å². The van der Waals surface area contributed by atoms with E-state index in [2.05, 4.69) is 27.8 Å². The molecule has 1 aromatic rings. The van der Waals surface area contributed by atoms with Gasteiger partial charge in [0.25, 0.3) is 0 Å². The number of ketones is 1. The first kappa shape index (κ1) is 14.7. The van der Waals surface area contributed by atoms with Crippen LogP contribution in [-0.4, -0.2) is 30.3 Å². The van der Waals surface area contributed by atoms with E-state index in [4.69, 9.17) is 0 Å². The lowest BCUT2D eigenvalue weighted by molar-refractivity contribution is 0.0964. The standard InChI is InChI=1S/C16H22BrNO/c1-13-3-2-10-18(11-8-13)12-9-16(19)14-4-6-15(17)7-5-14/h4-7,13H,2-3,8-12H2,1H3. The molecule has 0 N–H and O–H groups in total. The number of benzene rings is 1. The first-order chi connectivity index (χ1) is 9.15. The second-order valence-corrected chi connectivity index (χ2v) is 6.47. The Hall–Kier alpha value is -0.670. The summed E-state index contributed by atoms with van der Waals surface area (Å²) in [7, 11) is 0. The van der Waals surface area contributed by atoms with Gasteiger partial charge in [0, 0.05) is 23.0 Å². The van der Waals surface area contributed by atoms with Crippen molar-refractivity contribution < 1.29 is 4.79 Å². The number of hydrogen-bond acceptors (Lipinski definition) is 2. The second-order valence-electron chi connectivity index (χ2n) is 5.56. The van der Waals surface area contributed by atoms with E-state index in [1.54, 1.807) is 0 Å². The molecule has 2 rings (SSSR count). The van der Waals surface area contributed by atoms with Gasteiger partial charge in [-0.1, -0.05) is 35.0 Å². The number of nitrogens with zero attached hydrogens (tertiary/aromatic N) is 1. The second kappa shape index (κ2) is 7.20. The molecule has 0 aliphatic carbocycles. The van der Waals surface area contributed by atoms with E-state index in [9.17, 15) is 4.79 Å². The Kier molecular flexibility index (Phi) is 5.59. The quantitative estimate of drug-likeness (QED) is 0.776. The number of carbonyl (C=O) groups excluding carboxylic acids is 1. The summed E-state index contributed by atoms with van der Waals surface area (Å²) in [4.78, 5) is 14.6. The average Bonchev–Trinajstić information content (AvgIpc) is 2.61. The summed E-state index contributed by atoms with van der Waals surface area (Å²) in [6.45, 7) is 5.53. The van der Waals surface area contributed by atoms with Gasteiger partial charge in [0.05, 0.1) is 0 Å². The van der Waals surface area contributed by atoms with E-state index < -0.39 is 0 Å². The van der Waals surface area contributed by atoms with Crippen molar-refractivity contribution >= 4 is 21.7 Å². The summed E-state index contributed by atoms with van der Waals surface area (Å²) in [5.41, 5.74) is 0.825. The van der Waals surface area contributed by atoms with Crippen molar-refractivity contribution in [1.82, 2.24) is 4.90 Å². The van der Waals surface area contributed by atoms with Crippen LogP contribution in [0.2, 0.25) is 0 Å². The molecule has 1 aliphatic rings. The van der Waals surface area contributed by atoms with Crippen LogP contribution in [0.3, 0.4) is 0 Å². The zero-order valence-electron chi connectivity index (χ0n) is 11.6. The predicted molar refractivity (Wildman–Crippen MR) is 82.5 cm³/mol. The fourth-order valence-electron chi connectivity index (χ4n) is 2.59. The molecule has 104 valence electrons. The van der Waals surface area contributed by atoms with Crippen LogP contribution in [0.4, 0.5) is 0 Å². The number of likely N-dealkylation sites (tertiary alicyclic amines) is 1. The molecule has 0 aromatic heterocycles. The number of carbonyl (C=O) groups is 1. The Morgan fingerprint density at radius 3 is 2.74 bits per heavy atom. The van der Waals surface area contributed by atoms with Crippen molar-refractivity contribution in [2.75, 3.05) is 19.6 Å². The van der Waals surface area contributed by atoms with Gasteiger partial charge in [0.2, 0.25) is 0 Å². The molecule has 1 heterocycles. The Morgan fingerprint density at radius 1 is 1.26 bits per heavy atom. The van der Waals surface area contributed by atoms with Crippen LogP contribution >= 0.6 is 15.9 Å². The predicted octanol–water partition coefficient (Wildman–Crippen LogP) is 4.14. The highest BCUT2D eigenvalue weighted by Gasteiger charge is 2.15. The molecule has 3 heteroatoms. The molecule has 2 nitrogen and oxygen atoms in total. The van der Waals surface area contributed by atoms with Gasteiger partial charge < -0.3 is 4.90 Å². The van der Waals surface area contributed by atoms with E-state index in [1.165, 1.54) is 19.3 Å². The van der Waals surface area contributed by atoms with E-state index in [-0.39, 0.29) is 5.78 Å². The van der Waals surface area contributed by atoms with Crippen molar-refractivity contribution in [3.05, 3.63) is 34.3 Å². The van der Waals surface area contributed by atoms with Crippen LogP contribution in [0.25, 0.3) is 0 Å². The molecule has 0 bridgehead atoms. The Morgan fingerprint density at radius 2 is 2.00 bits per heavy atom. The normalized spacial score (nSPS) is 21.1. The van der Waals surface area contributed by atoms with Crippen LogP contribution in [0.5, 0.6) is 0 Å². The summed E-state index contributed by atoms with van der Waals surface area (Å²) in [5, 5.41) is 0. The van der Waals surface area contributed by atoms with Crippen molar-refractivity contribution in [2.24, 2.45) is 5.92 Å². The average molecular weight is 324 g/mol. The molecular formula is C16H22BrNO. The van der Waals surface area contributed by atoms with Crippen LogP contribution in [0, 0.1) is 5.92 Å². The molecule has 0 amide bonds. The summed E-state index contributed by atoms with van der Waals surface area (Å²) in [6.07, 6.45) is 4.51. The maximum atomic E-state index is 12.1. The third kappa shape index (κ3) is 4.73. The van der Waals surface area contributed by atoms with E-state index in [0.29, 0.717) is 6.42 Å². The van der Waals surface area contributed by atoms with Crippen molar-refractivity contribution in [2.45, 2.75) is 32.6 Å². The molecule has 1 saturated heterocycles. The fourth-order valence-corrected chi connectivity index (χ4v) is 2.85. The zero-order valence-corrected chi connectivity index (χ0v) is 13.2. The summed E-state index contributed by atoms with van der Waals surface area (Å²) >= 11 is 3.39. The molecular weight excluding hydrogens is 302 g/mol. The number of hydrogen-bond donors (Lipinski definition) is 0. The smallest absolute Gasteiger partial charge is 0.164 e. The van der Waals surface area contributed by atoms with E-state index >= 15 is 0 Å². The van der Waals surface area contributed by atoms with Crippen LogP contribution < -0.4 is 0 Å². The third-order valence-corrected chi connectivity index (χ3v) is 4.46. The molecule has 0 saturated carbocycles. The van der Waals surface area contributed by atoms with Gasteiger partial charge in [-0.15, -0.1) is 0 Å². The first-order valence-corrected chi connectivity index (χ1v) is 7.95. The number of rotatable bonds is 4. The number of Topliss-reactive ketones (excluding diaryl/α,β-unsaturated/α-hetero) is 1. The largest absolute Gasteiger partial charge is 0.303 e. The Labute approximate surface area is 124 Å². The topological polar surface area (TPSA) is 20.3 Å². The maximum absolute atomic E-state index is 12.1. The zero-order chi connectivity index (χ0) is 13.7. The SMILES string of the molecule is CC1CCCN(CCC(=O)c2ccc(Br)cc2)CC1. The highest BCUT2D eigenvalue weighted by Crippen LogP contribution is 2.17. The molecule has 19 heavy (non-hydrogen) atoms. The first-order valence-electron chi connectivity index (χ1n) is 7.16. The minimum Gasteiger partial charge on any atom is -0.303 e. The van der Waals surface area contributed by atoms with Gasteiger partial charge in [-0.3, -0.25) is 4.79 Å². The summed E-state index contributed by atoms with van der Waals surface area (Å²) in [5.74, 6) is 1.09. The summed E-state index contributed by atoms with van der Waals surface area (Å²) in [6, 6.07) is 7.66. The molecule has 0 spiro atoms. The lowest BCUT2D eigenvalue weighted by Gasteiger charge is -2.19. The minimum atomic E-state index is 0.254. The van der Waals surface area contributed by atoms with Crippen LogP contribution in [-0.2, 0) is 0 Å². The van der Waals surface area contributed by atoms with Crippen LogP contribution in [0.1, 0.15) is 43.0 Å². The fraction of sp³-hybridized carbons (Fsp3) is 0.562. The molecule has 1 aromatic carbocycles. The van der Waals surface area contributed by atoms with Crippen molar-refractivity contribution in [3.63, 3.8) is 0 Å². The van der Waals surface area contributed by atoms with Gasteiger partial charge in [0.15, 0.2) is 5.78 Å². The van der Waals surface area contributed by atoms with Crippen molar-refractivity contribution in [1.29, 1.82) is 0 Å². The number of halogens is 1. The summed E-state index contributed by atoms with van der Waals surface area (Å²) < 4.78 is 1.02. The molecule has 1 unspecified atom stereocenters. The van der Waals surface area contributed by atoms with Gasteiger partial charge in [-0.05, 0) is 50.4 Å². The molecule has 1 aliphatic heterocycles. The van der Waals surface area contributed by atoms with Gasteiger partial charge >= 0.3 is 0 Å². The van der Waals surface area contributed by atoms with E-state index in [1.807, 2.05) is 24.3 Å². The molecule has 1 atom stereocenters. The molecule has 0 radical (unpaired) electrons. The van der Waals surface area contributed by atoms with Gasteiger partial charge in [-0.25, -0.2) is 0 Å². The lowest BCUT2D eigenvalue weighted by Crippen LogP contribution is -2.27. The molecule has 1 fully saturated rings. The third-order valence-electron chi connectivity index (χ3n) is 3.93. The highest BCUT2D eigenvalue weighted by molar-refractivity contribution is 9.10. The highest BCUT2D eigenvalue weighted by atomic mass is 79.9. The van der Waals surface area contributed by atoms with E-state index in [0.717, 1.165) is 35.6 Å². The van der Waals surface area contributed by atoms with Gasteiger partial charge in [0.1, 0.15) is 0 Å². The van der Waals surface area contributed by atoms with Gasteiger partial charge in [-0.2, -0.15) is 0 Å².